The summed E-state index contributed by atoms with van der Waals surface area (Å²) in [7, 11) is 2.29. The Morgan fingerprint density at radius 3 is 2.38 bits per heavy atom. The number of rotatable bonds is 7. The van der Waals surface area contributed by atoms with Crippen molar-refractivity contribution in [3.05, 3.63) is 29.8 Å². The first-order valence-electron chi connectivity index (χ1n) is 8.56. The number of hydrogen-bond donors (Lipinski definition) is 2. The van der Waals surface area contributed by atoms with Gasteiger partial charge in [-0.2, -0.15) is 0 Å². The molecule has 0 aromatic heterocycles. The van der Waals surface area contributed by atoms with Crippen molar-refractivity contribution in [3.8, 4) is 5.75 Å². The van der Waals surface area contributed by atoms with Gasteiger partial charge in [0.05, 0.1) is 20.2 Å². The zero-order valence-corrected chi connectivity index (χ0v) is 14.0. The molecule has 2 rings (SSSR count). The summed E-state index contributed by atoms with van der Waals surface area (Å²) in [4.78, 5) is 3.42. The molecule has 1 aliphatic rings. The molecule has 0 aliphatic carbocycles. The summed E-state index contributed by atoms with van der Waals surface area (Å²) in [6.07, 6.45) is 2.34. The van der Waals surface area contributed by atoms with Crippen molar-refractivity contribution in [3.63, 3.8) is 0 Å². The van der Waals surface area contributed by atoms with Crippen molar-refractivity contribution in [1.82, 2.24) is 0 Å². The Balaban J connectivity index is 1.64. The zero-order chi connectivity index (χ0) is 15.1. The number of piperazine rings is 1. The van der Waals surface area contributed by atoms with Crippen molar-refractivity contribution in [2.24, 2.45) is 0 Å². The zero-order valence-electron chi connectivity index (χ0n) is 14.0. The molecule has 21 heavy (non-hydrogen) atoms. The molecule has 0 spiro atoms. The van der Waals surface area contributed by atoms with E-state index in [-0.39, 0.29) is 0 Å². The quantitative estimate of drug-likeness (QED) is 0.696. The highest BCUT2D eigenvalue weighted by molar-refractivity contribution is 5.29. The third-order valence-electron chi connectivity index (χ3n) is 4.82. The summed E-state index contributed by atoms with van der Waals surface area (Å²) in [6.45, 7) is 11.9. The van der Waals surface area contributed by atoms with Gasteiger partial charge in [-0.25, -0.2) is 0 Å². The molecule has 118 valence electrons. The lowest BCUT2D eigenvalue weighted by molar-refractivity contribution is -1.00. The lowest BCUT2D eigenvalue weighted by atomic mass is 9.99. The van der Waals surface area contributed by atoms with Gasteiger partial charge in [0, 0.05) is 6.42 Å². The van der Waals surface area contributed by atoms with E-state index in [0.717, 1.165) is 18.8 Å². The largest absolute Gasteiger partial charge is 0.493 e. The molecule has 1 saturated heterocycles. The van der Waals surface area contributed by atoms with Crippen molar-refractivity contribution in [1.29, 1.82) is 0 Å². The minimum absolute atomic E-state index is 0.641. The Morgan fingerprint density at radius 1 is 1.10 bits per heavy atom. The van der Waals surface area contributed by atoms with Crippen LogP contribution in [-0.4, -0.2) is 46.4 Å². The van der Waals surface area contributed by atoms with Gasteiger partial charge in [0.1, 0.15) is 31.9 Å². The van der Waals surface area contributed by atoms with E-state index in [9.17, 15) is 0 Å². The molecule has 1 fully saturated rings. The Bertz CT molecular complexity index is 396. The Kier molecular flexibility index (Phi) is 6.52. The molecule has 0 saturated carbocycles. The van der Waals surface area contributed by atoms with Gasteiger partial charge < -0.3 is 14.5 Å². The van der Waals surface area contributed by atoms with Crippen molar-refractivity contribution in [2.45, 2.75) is 32.6 Å². The topological polar surface area (TPSA) is 18.1 Å². The number of hydrogen-bond acceptors (Lipinski definition) is 1. The molecule has 0 unspecified atom stereocenters. The van der Waals surface area contributed by atoms with Gasteiger partial charge in [-0.1, -0.05) is 26.0 Å². The molecule has 1 heterocycles. The Hall–Kier alpha value is -1.06. The smallest absolute Gasteiger partial charge is 0.127 e. The lowest BCUT2D eigenvalue weighted by Crippen LogP contribution is -3.27. The summed E-state index contributed by atoms with van der Waals surface area (Å²) in [5.74, 6) is 1.65. The van der Waals surface area contributed by atoms with E-state index in [4.69, 9.17) is 4.74 Å². The fourth-order valence-electron chi connectivity index (χ4n) is 2.92. The molecular weight excluding hydrogens is 260 g/mol. The molecule has 1 aromatic rings. The first-order chi connectivity index (χ1) is 10.2. The molecule has 0 radical (unpaired) electrons. The standard InChI is InChI=1S/C18H30N2O/c1-4-16(2)17-6-8-18(9-7-17)21-15-5-10-20-13-11-19(3)12-14-20/h6-9,16H,4-5,10-15H2,1-3H3/p+2/t16-/m1/s1. The number of likely N-dealkylation sites (N-methyl/N-ethyl adjacent to an activating group) is 1. The Morgan fingerprint density at radius 2 is 1.76 bits per heavy atom. The second-order valence-corrected chi connectivity index (χ2v) is 6.54. The predicted molar refractivity (Wildman–Crippen MR) is 87.4 cm³/mol. The maximum absolute atomic E-state index is 5.87. The van der Waals surface area contributed by atoms with Crippen molar-refractivity contribution in [2.75, 3.05) is 46.4 Å². The molecular formula is C18H32N2O+2. The minimum Gasteiger partial charge on any atom is -0.493 e. The third kappa shape index (κ3) is 5.33. The van der Waals surface area contributed by atoms with E-state index >= 15 is 0 Å². The number of benzene rings is 1. The highest BCUT2D eigenvalue weighted by Crippen LogP contribution is 2.21. The van der Waals surface area contributed by atoms with Crippen molar-refractivity contribution >= 4 is 0 Å². The maximum atomic E-state index is 5.87. The third-order valence-corrected chi connectivity index (χ3v) is 4.82. The normalized spacial score (nSPS) is 23.8. The van der Waals surface area contributed by atoms with E-state index in [1.165, 1.54) is 44.7 Å². The van der Waals surface area contributed by atoms with Crippen LogP contribution in [-0.2, 0) is 0 Å². The highest BCUT2D eigenvalue weighted by atomic mass is 16.5. The summed E-state index contributed by atoms with van der Waals surface area (Å²) in [5.41, 5.74) is 1.41. The van der Waals surface area contributed by atoms with Crippen LogP contribution in [0, 0.1) is 0 Å². The SMILES string of the molecule is CC[C@@H](C)c1ccc(OCCC[NH+]2CC[NH+](C)CC2)cc1. The van der Waals surface area contributed by atoms with Crippen LogP contribution in [0.4, 0.5) is 0 Å². The summed E-state index contributed by atoms with van der Waals surface area (Å²) in [6, 6.07) is 8.65. The summed E-state index contributed by atoms with van der Waals surface area (Å²) >= 11 is 0. The van der Waals surface area contributed by atoms with Crippen LogP contribution in [0.5, 0.6) is 5.75 Å². The fraction of sp³-hybridized carbons (Fsp3) is 0.667. The molecule has 0 amide bonds. The lowest BCUT2D eigenvalue weighted by Gasteiger charge is -2.27. The monoisotopic (exact) mass is 292 g/mol. The minimum atomic E-state index is 0.641. The number of quaternary nitrogens is 2. The van der Waals surface area contributed by atoms with Crippen LogP contribution >= 0.6 is 0 Å². The maximum Gasteiger partial charge on any atom is 0.127 e. The van der Waals surface area contributed by atoms with Gasteiger partial charge in [0.25, 0.3) is 0 Å². The van der Waals surface area contributed by atoms with E-state index in [1.54, 1.807) is 9.80 Å². The number of nitrogens with one attached hydrogen (secondary N) is 2. The molecule has 1 aliphatic heterocycles. The van der Waals surface area contributed by atoms with Crippen LogP contribution in [0.25, 0.3) is 0 Å². The van der Waals surface area contributed by atoms with Gasteiger partial charge >= 0.3 is 0 Å². The first-order valence-corrected chi connectivity index (χ1v) is 8.56. The molecule has 3 heteroatoms. The van der Waals surface area contributed by atoms with Gasteiger partial charge in [0.2, 0.25) is 0 Å². The molecule has 3 nitrogen and oxygen atoms in total. The highest BCUT2D eigenvalue weighted by Gasteiger charge is 2.18. The molecule has 1 aromatic carbocycles. The fourth-order valence-corrected chi connectivity index (χ4v) is 2.92. The first kappa shape index (κ1) is 16.3. The molecule has 0 bridgehead atoms. The van der Waals surface area contributed by atoms with Gasteiger partial charge in [0.15, 0.2) is 0 Å². The van der Waals surface area contributed by atoms with Crippen LogP contribution in [0.1, 0.15) is 38.2 Å². The van der Waals surface area contributed by atoms with Gasteiger partial charge in [-0.3, -0.25) is 0 Å². The van der Waals surface area contributed by atoms with E-state index in [0.29, 0.717) is 5.92 Å². The number of ether oxygens (including phenoxy) is 1. The van der Waals surface area contributed by atoms with E-state index in [2.05, 4.69) is 45.2 Å². The Labute approximate surface area is 129 Å². The summed E-state index contributed by atoms with van der Waals surface area (Å²) in [5, 5.41) is 0. The van der Waals surface area contributed by atoms with Crippen molar-refractivity contribution < 1.29 is 14.5 Å². The average Bonchev–Trinajstić information content (AvgIpc) is 2.53. The van der Waals surface area contributed by atoms with Gasteiger partial charge in [-0.05, 0) is 30.0 Å². The second kappa shape index (κ2) is 8.40. The van der Waals surface area contributed by atoms with Crippen LogP contribution in [0.15, 0.2) is 24.3 Å². The second-order valence-electron chi connectivity index (χ2n) is 6.54. The van der Waals surface area contributed by atoms with Crippen LogP contribution < -0.4 is 14.5 Å². The molecule has 2 N–H and O–H groups in total. The average molecular weight is 292 g/mol. The summed E-state index contributed by atoms with van der Waals surface area (Å²) < 4.78 is 5.87. The molecule has 1 atom stereocenters. The predicted octanol–water partition coefficient (Wildman–Crippen LogP) is 0.382. The van der Waals surface area contributed by atoms with E-state index < -0.39 is 0 Å². The van der Waals surface area contributed by atoms with E-state index in [1.807, 2.05) is 0 Å². The van der Waals surface area contributed by atoms with Crippen LogP contribution in [0.3, 0.4) is 0 Å². The van der Waals surface area contributed by atoms with Crippen LogP contribution in [0.2, 0.25) is 0 Å². The van der Waals surface area contributed by atoms with Gasteiger partial charge in [-0.15, -0.1) is 0 Å².